The van der Waals surface area contributed by atoms with Crippen LogP contribution in [0.3, 0.4) is 0 Å². The molecule has 19 heavy (non-hydrogen) atoms. The van der Waals surface area contributed by atoms with E-state index >= 15 is 0 Å². The molecule has 0 aliphatic heterocycles. The molecule has 0 saturated heterocycles. The first kappa shape index (κ1) is 17.5. The van der Waals surface area contributed by atoms with Gasteiger partial charge in [-0.3, -0.25) is 0 Å². The van der Waals surface area contributed by atoms with Crippen molar-refractivity contribution >= 4 is 0 Å². The van der Waals surface area contributed by atoms with Crippen LogP contribution in [0.1, 0.15) is 33.1 Å². The number of rotatable bonds is 2. The molecule has 0 bridgehead atoms. The van der Waals surface area contributed by atoms with Gasteiger partial charge in [0.1, 0.15) is 0 Å². The average Bonchev–Trinajstić information content (AvgIpc) is 2.94. The van der Waals surface area contributed by atoms with E-state index in [2.05, 4.69) is 44.2 Å². The minimum Gasteiger partial charge on any atom is -1.00 e. The Kier molecular flexibility index (Phi) is 6.84. The Morgan fingerprint density at radius 3 is 2.53 bits per heavy atom. The van der Waals surface area contributed by atoms with Crippen LogP contribution < -0.4 is 24.8 Å². The molecule has 102 valence electrons. The van der Waals surface area contributed by atoms with Crippen molar-refractivity contribution in [2.24, 2.45) is 11.8 Å². The Hall–Kier alpha value is 0.423. The fraction of sp³-hybridized carbons (Fsp3) is 0.500. The van der Waals surface area contributed by atoms with Gasteiger partial charge in [-0.25, -0.2) is 0 Å². The molecule has 0 aromatic heterocycles. The standard InChI is InChI=1S/C11H15.C5H5.2ClH.Zr/c1-8-6-7-9(2)11-5-3-4-10(8)11;1-2-4-5-3-1;;;/h3-5,8-9H,6-7H2,1-2H3;1-3H,4H2;2*1H;/q;;;;+2/p-2. The molecule has 3 aliphatic carbocycles. The van der Waals surface area contributed by atoms with E-state index in [4.69, 9.17) is 0 Å². The normalized spacial score (nSPS) is 31.3. The van der Waals surface area contributed by atoms with E-state index < -0.39 is 23.2 Å². The molecule has 0 N–H and O–H groups in total. The van der Waals surface area contributed by atoms with Gasteiger partial charge in [-0.15, -0.1) is 0 Å². The zero-order valence-corrected chi connectivity index (χ0v) is 15.5. The van der Waals surface area contributed by atoms with Gasteiger partial charge in [-0.2, -0.15) is 0 Å². The summed E-state index contributed by atoms with van der Waals surface area (Å²) in [5.41, 5.74) is 3.55. The number of halogens is 2. The van der Waals surface area contributed by atoms with E-state index in [0.29, 0.717) is 0 Å². The van der Waals surface area contributed by atoms with Crippen molar-refractivity contribution in [3.63, 3.8) is 0 Å². The second-order valence-corrected chi connectivity index (χ2v) is 9.41. The van der Waals surface area contributed by atoms with Crippen LogP contribution in [0.5, 0.6) is 0 Å². The van der Waals surface area contributed by atoms with Crippen molar-refractivity contribution < 1.29 is 48.0 Å². The fourth-order valence-corrected chi connectivity index (χ4v) is 7.31. The van der Waals surface area contributed by atoms with Crippen LogP contribution in [0.25, 0.3) is 0 Å². The van der Waals surface area contributed by atoms with Gasteiger partial charge in [0.25, 0.3) is 0 Å². The van der Waals surface area contributed by atoms with Crippen LogP contribution >= 0.6 is 0 Å². The van der Waals surface area contributed by atoms with Crippen LogP contribution in [0.15, 0.2) is 44.8 Å². The summed E-state index contributed by atoms with van der Waals surface area (Å²) >= 11 is -0.405. The summed E-state index contributed by atoms with van der Waals surface area (Å²) in [4.78, 5) is 0. The van der Waals surface area contributed by atoms with E-state index in [1.165, 1.54) is 19.3 Å². The van der Waals surface area contributed by atoms with Gasteiger partial charge >= 0.3 is 117 Å². The Balaban J connectivity index is 0.000000902. The van der Waals surface area contributed by atoms with Crippen molar-refractivity contribution in [3.8, 4) is 0 Å². The predicted molar refractivity (Wildman–Crippen MR) is 69.3 cm³/mol. The molecular weight excluding hydrogens is 354 g/mol. The smallest absolute Gasteiger partial charge is 1.00 e. The van der Waals surface area contributed by atoms with Gasteiger partial charge in [0.2, 0.25) is 0 Å². The van der Waals surface area contributed by atoms with Crippen LogP contribution in [-0.2, 0) is 23.2 Å². The molecule has 0 aromatic carbocycles. The minimum absolute atomic E-state index is 0. The van der Waals surface area contributed by atoms with E-state index in [1.807, 2.05) is 5.57 Å². The van der Waals surface area contributed by atoms with Crippen molar-refractivity contribution in [3.05, 3.63) is 44.8 Å². The molecule has 3 aliphatic rings. The Labute approximate surface area is 140 Å². The molecule has 3 unspecified atom stereocenters. The first-order chi connectivity index (χ1) is 8.25. The van der Waals surface area contributed by atoms with Gasteiger partial charge in [0, 0.05) is 0 Å². The van der Waals surface area contributed by atoms with Crippen molar-refractivity contribution in [1.29, 1.82) is 0 Å². The van der Waals surface area contributed by atoms with E-state index in [0.717, 1.165) is 15.5 Å². The van der Waals surface area contributed by atoms with E-state index in [-0.39, 0.29) is 24.8 Å². The minimum atomic E-state index is -0.405. The summed E-state index contributed by atoms with van der Waals surface area (Å²) in [5.74, 6) is 1.66. The SMILES string of the molecule is CC1CCC(C)C2=C1C=C[CH]2[Zr+2][C]1=CC=CC1.[Cl-].[Cl-]. The first-order valence-corrected chi connectivity index (χ1v) is 9.45. The monoisotopic (exact) mass is 372 g/mol. The molecule has 0 nitrogen and oxygen atoms in total. The zero-order chi connectivity index (χ0) is 11.8. The molecular formula is C16H20Cl2Zr. The molecule has 3 rings (SSSR count). The number of hydrogen-bond donors (Lipinski definition) is 0. The third-order valence-electron chi connectivity index (χ3n) is 4.34. The molecule has 0 fully saturated rings. The Morgan fingerprint density at radius 1 is 1.11 bits per heavy atom. The van der Waals surface area contributed by atoms with E-state index in [9.17, 15) is 0 Å². The first-order valence-electron chi connectivity index (χ1n) is 6.80. The maximum Gasteiger partial charge on any atom is -1.00 e. The maximum atomic E-state index is 2.54. The van der Waals surface area contributed by atoms with Crippen molar-refractivity contribution in [2.45, 2.75) is 36.7 Å². The predicted octanol–water partition coefficient (Wildman–Crippen LogP) is -1.36. The summed E-state index contributed by atoms with van der Waals surface area (Å²) in [7, 11) is 0. The molecule has 0 spiro atoms. The second kappa shape index (κ2) is 7.44. The summed E-state index contributed by atoms with van der Waals surface area (Å²) in [6, 6.07) is 0. The summed E-state index contributed by atoms with van der Waals surface area (Å²) in [6.07, 6.45) is 16.0. The van der Waals surface area contributed by atoms with Gasteiger partial charge in [0.15, 0.2) is 0 Å². The molecule has 0 radical (unpaired) electrons. The third-order valence-corrected chi connectivity index (χ3v) is 8.17. The molecule has 0 amide bonds. The molecule has 3 atom stereocenters. The summed E-state index contributed by atoms with van der Waals surface area (Å²) in [6.45, 7) is 4.86. The third kappa shape index (κ3) is 3.55. The van der Waals surface area contributed by atoms with E-state index in [1.54, 1.807) is 8.85 Å². The Morgan fingerprint density at radius 2 is 1.84 bits per heavy atom. The summed E-state index contributed by atoms with van der Waals surface area (Å²) in [5, 5.41) is 0. The number of allylic oxidation sites excluding steroid dienone is 8. The van der Waals surface area contributed by atoms with Crippen LogP contribution in [0, 0.1) is 11.8 Å². The molecule has 0 aromatic rings. The zero-order valence-electron chi connectivity index (χ0n) is 11.5. The van der Waals surface area contributed by atoms with Gasteiger partial charge in [-0.1, -0.05) is 0 Å². The van der Waals surface area contributed by atoms with Crippen LogP contribution in [-0.4, -0.2) is 0 Å². The topological polar surface area (TPSA) is 0 Å². The van der Waals surface area contributed by atoms with Gasteiger partial charge < -0.3 is 24.8 Å². The van der Waals surface area contributed by atoms with Crippen molar-refractivity contribution in [1.82, 2.24) is 0 Å². The van der Waals surface area contributed by atoms with Gasteiger partial charge in [0.05, 0.1) is 0 Å². The van der Waals surface area contributed by atoms with Crippen LogP contribution in [0.2, 0.25) is 3.63 Å². The van der Waals surface area contributed by atoms with Crippen molar-refractivity contribution in [2.75, 3.05) is 0 Å². The molecule has 3 heteroatoms. The maximum absolute atomic E-state index is 2.54. The molecule has 0 heterocycles. The quantitative estimate of drug-likeness (QED) is 0.560. The average molecular weight is 374 g/mol. The second-order valence-electron chi connectivity index (χ2n) is 5.60. The van der Waals surface area contributed by atoms with Gasteiger partial charge in [-0.05, 0) is 0 Å². The largest absolute Gasteiger partial charge is 1.00 e. The van der Waals surface area contributed by atoms with Crippen LogP contribution in [0.4, 0.5) is 0 Å². The number of hydrogen-bond acceptors (Lipinski definition) is 0. The molecule has 0 saturated carbocycles. The summed E-state index contributed by atoms with van der Waals surface area (Å²) < 4.78 is 2.65. The Bertz CT molecular complexity index is 446. The fourth-order valence-electron chi connectivity index (χ4n) is 3.31.